The Morgan fingerprint density at radius 1 is 1.00 bits per heavy atom. The van der Waals surface area contributed by atoms with Gasteiger partial charge in [0.2, 0.25) is 0 Å². The maximum atomic E-state index is 13.3. The first kappa shape index (κ1) is 14.6. The van der Waals surface area contributed by atoms with Gasteiger partial charge in [-0.3, -0.25) is 0 Å². The van der Waals surface area contributed by atoms with Crippen molar-refractivity contribution in [3.8, 4) is 11.1 Å². The van der Waals surface area contributed by atoms with Gasteiger partial charge in [0.05, 0.1) is 0 Å². The van der Waals surface area contributed by atoms with Crippen LogP contribution in [0.15, 0.2) is 30.3 Å². The molecule has 106 valence electrons. The van der Waals surface area contributed by atoms with Crippen LogP contribution in [0.3, 0.4) is 0 Å². The Kier molecular flexibility index (Phi) is 4.45. The van der Waals surface area contributed by atoms with Gasteiger partial charge in [0.1, 0.15) is 0 Å². The molecule has 0 radical (unpaired) electrons. The molecule has 20 heavy (non-hydrogen) atoms. The van der Waals surface area contributed by atoms with Crippen LogP contribution in [0.5, 0.6) is 0 Å². The second-order valence-corrected chi connectivity index (χ2v) is 4.68. The summed E-state index contributed by atoms with van der Waals surface area (Å²) in [5.74, 6) is -3.77. The van der Waals surface area contributed by atoms with Gasteiger partial charge in [-0.1, -0.05) is 19.1 Å². The Bertz CT molecular complexity index is 600. The van der Waals surface area contributed by atoms with E-state index in [2.05, 4.69) is 5.32 Å². The van der Waals surface area contributed by atoms with Crippen LogP contribution in [0, 0.1) is 24.4 Å². The summed E-state index contributed by atoms with van der Waals surface area (Å²) in [4.78, 5) is 0. The quantitative estimate of drug-likeness (QED) is 0.827. The first-order valence-corrected chi connectivity index (χ1v) is 6.48. The average molecular weight is 279 g/mol. The topological polar surface area (TPSA) is 12.0 Å². The summed E-state index contributed by atoms with van der Waals surface area (Å²) < 4.78 is 39.7. The van der Waals surface area contributed by atoms with E-state index in [-0.39, 0.29) is 0 Å². The van der Waals surface area contributed by atoms with Crippen LogP contribution in [0.25, 0.3) is 11.1 Å². The summed E-state index contributed by atoms with van der Waals surface area (Å²) in [7, 11) is 0. The van der Waals surface area contributed by atoms with Crippen LogP contribution in [-0.4, -0.2) is 6.54 Å². The van der Waals surface area contributed by atoms with Gasteiger partial charge in [-0.25, -0.2) is 13.2 Å². The molecule has 0 spiro atoms. The van der Waals surface area contributed by atoms with Gasteiger partial charge >= 0.3 is 0 Å². The molecule has 0 aliphatic heterocycles. The molecule has 0 amide bonds. The van der Waals surface area contributed by atoms with Crippen LogP contribution < -0.4 is 5.32 Å². The third kappa shape index (κ3) is 3.02. The molecule has 0 saturated heterocycles. The zero-order chi connectivity index (χ0) is 14.7. The summed E-state index contributed by atoms with van der Waals surface area (Å²) in [6, 6.07) is 7.76. The standard InChI is InChI=1S/C16H16F3N/c1-3-20-9-11-5-4-10(2)13(6-11)12-7-14(17)16(19)15(18)8-12/h4-8,20H,3,9H2,1-2H3. The van der Waals surface area contributed by atoms with E-state index >= 15 is 0 Å². The molecule has 0 bridgehead atoms. The summed E-state index contributed by atoms with van der Waals surface area (Å²) in [6.45, 7) is 5.37. The van der Waals surface area contributed by atoms with Gasteiger partial charge in [0.15, 0.2) is 17.5 Å². The fourth-order valence-electron chi connectivity index (χ4n) is 2.07. The van der Waals surface area contributed by atoms with E-state index in [1.54, 1.807) is 0 Å². The molecular formula is C16H16F3N. The largest absolute Gasteiger partial charge is 0.313 e. The van der Waals surface area contributed by atoms with E-state index in [1.807, 2.05) is 32.0 Å². The second-order valence-electron chi connectivity index (χ2n) is 4.68. The zero-order valence-corrected chi connectivity index (χ0v) is 11.4. The zero-order valence-electron chi connectivity index (χ0n) is 11.4. The molecular weight excluding hydrogens is 263 g/mol. The van der Waals surface area contributed by atoms with Crippen molar-refractivity contribution < 1.29 is 13.2 Å². The molecule has 0 atom stereocenters. The predicted octanol–water partition coefficient (Wildman–Crippen LogP) is 4.19. The van der Waals surface area contributed by atoms with Gasteiger partial charge in [-0.2, -0.15) is 0 Å². The summed E-state index contributed by atoms with van der Waals surface area (Å²) in [6.07, 6.45) is 0. The van der Waals surface area contributed by atoms with Crippen LogP contribution in [0.4, 0.5) is 13.2 Å². The minimum Gasteiger partial charge on any atom is -0.313 e. The van der Waals surface area contributed by atoms with Crippen LogP contribution in [0.2, 0.25) is 0 Å². The lowest BCUT2D eigenvalue weighted by molar-refractivity contribution is 0.447. The average Bonchev–Trinajstić information content (AvgIpc) is 2.43. The molecule has 0 aromatic heterocycles. The van der Waals surface area contributed by atoms with E-state index in [0.717, 1.165) is 29.8 Å². The molecule has 2 rings (SSSR count). The van der Waals surface area contributed by atoms with E-state index in [9.17, 15) is 13.2 Å². The Balaban J connectivity index is 2.46. The van der Waals surface area contributed by atoms with E-state index in [0.29, 0.717) is 17.7 Å². The summed E-state index contributed by atoms with van der Waals surface area (Å²) in [5, 5.41) is 3.19. The van der Waals surface area contributed by atoms with Crippen molar-refractivity contribution in [3.63, 3.8) is 0 Å². The van der Waals surface area contributed by atoms with E-state index in [1.165, 1.54) is 0 Å². The van der Waals surface area contributed by atoms with E-state index < -0.39 is 17.5 Å². The van der Waals surface area contributed by atoms with Gasteiger partial charge in [-0.15, -0.1) is 0 Å². The lowest BCUT2D eigenvalue weighted by atomic mass is 9.97. The monoisotopic (exact) mass is 279 g/mol. The SMILES string of the molecule is CCNCc1ccc(C)c(-c2cc(F)c(F)c(F)c2)c1. The number of nitrogens with one attached hydrogen (secondary N) is 1. The van der Waals surface area contributed by atoms with Crippen molar-refractivity contribution in [2.24, 2.45) is 0 Å². The van der Waals surface area contributed by atoms with Gasteiger partial charge < -0.3 is 5.32 Å². The fourth-order valence-corrected chi connectivity index (χ4v) is 2.07. The molecule has 0 saturated carbocycles. The second kappa shape index (κ2) is 6.09. The minimum atomic E-state index is -1.43. The van der Waals surface area contributed by atoms with E-state index in [4.69, 9.17) is 0 Å². The normalized spacial score (nSPS) is 10.8. The molecule has 0 unspecified atom stereocenters. The van der Waals surface area contributed by atoms with Crippen LogP contribution >= 0.6 is 0 Å². The number of hydrogen-bond donors (Lipinski definition) is 1. The number of halogens is 3. The number of rotatable bonds is 4. The van der Waals surface area contributed by atoms with Crippen molar-refractivity contribution in [3.05, 3.63) is 58.9 Å². The summed E-state index contributed by atoms with van der Waals surface area (Å²) in [5.41, 5.74) is 2.95. The van der Waals surface area contributed by atoms with Crippen molar-refractivity contribution >= 4 is 0 Å². The smallest absolute Gasteiger partial charge is 0.194 e. The number of hydrogen-bond acceptors (Lipinski definition) is 1. The highest BCUT2D eigenvalue weighted by atomic mass is 19.2. The maximum Gasteiger partial charge on any atom is 0.194 e. The first-order chi connectivity index (χ1) is 9.52. The predicted molar refractivity (Wildman–Crippen MR) is 73.9 cm³/mol. The molecule has 1 nitrogen and oxygen atoms in total. The van der Waals surface area contributed by atoms with Gasteiger partial charge in [0.25, 0.3) is 0 Å². The summed E-state index contributed by atoms with van der Waals surface area (Å²) >= 11 is 0. The molecule has 1 N–H and O–H groups in total. The third-order valence-corrected chi connectivity index (χ3v) is 3.18. The van der Waals surface area contributed by atoms with Gasteiger partial charge in [-0.05, 0) is 53.9 Å². The Morgan fingerprint density at radius 3 is 2.25 bits per heavy atom. The lowest BCUT2D eigenvalue weighted by Gasteiger charge is -2.10. The highest BCUT2D eigenvalue weighted by Crippen LogP contribution is 2.27. The highest BCUT2D eigenvalue weighted by molar-refractivity contribution is 5.68. The Labute approximate surface area is 116 Å². The van der Waals surface area contributed by atoms with Crippen molar-refractivity contribution in [1.82, 2.24) is 5.32 Å². The molecule has 0 aliphatic rings. The van der Waals surface area contributed by atoms with Crippen molar-refractivity contribution in [2.75, 3.05) is 6.54 Å². The van der Waals surface area contributed by atoms with Crippen LogP contribution in [-0.2, 0) is 6.54 Å². The van der Waals surface area contributed by atoms with Crippen molar-refractivity contribution in [1.29, 1.82) is 0 Å². The fraction of sp³-hybridized carbons (Fsp3) is 0.250. The molecule has 0 fully saturated rings. The molecule has 4 heteroatoms. The van der Waals surface area contributed by atoms with Crippen molar-refractivity contribution in [2.45, 2.75) is 20.4 Å². The van der Waals surface area contributed by atoms with Crippen LogP contribution in [0.1, 0.15) is 18.1 Å². The highest BCUT2D eigenvalue weighted by Gasteiger charge is 2.13. The Morgan fingerprint density at radius 2 is 1.65 bits per heavy atom. The minimum absolute atomic E-state index is 0.345. The Hall–Kier alpha value is -1.81. The molecule has 2 aromatic carbocycles. The maximum absolute atomic E-state index is 13.3. The number of aryl methyl sites for hydroxylation is 1. The lowest BCUT2D eigenvalue weighted by Crippen LogP contribution is -2.11. The molecule has 2 aromatic rings. The van der Waals surface area contributed by atoms with Gasteiger partial charge in [0, 0.05) is 6.54 Å². The number of benzene rings is 2. The molecule has 0 heterocycles. The molecule has 0 aliphatic carbocycles. The first-order valence-electron chi connectivity index (χ1n) is 6.48. The third-order valence-electron chi connectivity index (χ3n) is 3.18.